The molecule has 1 aliphatic carbocycles. The molecule has 10 nitrogen and oxygen atoms in total. The number of fused-ring (bicyclic) bond motifs is 1. The summed E-state index contributed by atoms with van der Waals surface area (Å²) in [6.45, 7) is 3.78. The first-order valence-electron chi connectivity index (χ1n) is 12.4. The van der Waals surface area contributed by atoms with E-state index in [2.05, 4.69) is 31.8 Å². The lowest BCUT2D eigenvalue weighted by atomic mass is 9.60. The first-order valence-corrected chi connectivity index (χ1v) is 12.4. The van der Waals surface area contributed by atoms with Gasteiger partial charge in [0.1, 0.15) is 34.4 Å². The molecule has 37 heavy (non-hydrogen) atoms. The van der Waals surface area contributed by atoms with E-state index >= 15 is 0 Å². The fourth-order valence-electron chi connectivity index (χ4n) is 5.74. The second-order valence-corrected chi connectivity index (χ2v) is 10.0. The van der Waals surface area contributed by atoms with Crippen molar-refractivity contribution >= 4 is 5.52 Å². The number of hydrogen-bond donors (Lipinski definition) is 2. The molecule has 1 saturated heterocycles. The SMILES string of the molecule is Cc1c(-c2cc(OC(CO)c3ccc(F)cn3)c3c(C#N)cnn3c2)nnn1C1CC2(CCNCC2)C1. The lowest BCUT2D eigenvalue weighted by molar-refractivity contribution is 0.0212. The molecule has 1 aliphatic heterocycles. The molecular formula is C26H27FN8O2. The minimum Gasteiger partial charge on any atom is -0.479 e. The molecule has 2 aliphatic rings. The third-order valence-electron chi connectivity index (χ3n) is 7.76. The van der Waals surface area contributed by atoms with Gasteiger partial charge >= 0.3 is 0 Å². The number of piperidine rings is 1. The van der Waals surface area contributed by atoms with E-state index in [0.29, 0.717) is 39.7 Å². The molecule has 190 valence electrons. The monoisotopic (exact) mass is 502 g/mol. The summed E-state index contributed by atoms with van der Waals surface area (Å²) < 4.78 is 23.1. The molecule has 4 aromatic heterocycles. The van der Waals surface area contributed by atoms with Gasteiger partial charge in [0.15, 0.2) is 6.10 Å². The van der Waals surface area contributed by atoms with Gasteiger partial charge in [-0.05, 0) is 69.3 Å². The van der Waals surface area contributed by atoms with Gasteiger partial charge < -0.3 is 15.2 Å². The molecule has 5 heterocycles. The number of nitrogens with one attached hydrogen (secondary N) is 1. The lowest BCUT2D eigenvalue weighted by Gasteiger charge is -2.50. The molecule has 1 spiro atoms. The Labute approximate surface area is 212 Å². The summed E-state index contributed by atoms with van der Waals surface area (Å²) in [6, 6.07) is 6.96. The Balaban J connectivity index is 1.34. The average molecular weight is 503 g/mol. The van der Waals surface area contributed by atoms with Gasteiger partial charge in [-0.15, -0.1) is 5.10 Å². The van der Waals surface area contributed by atoms with Crippen LogP contribution in [0.4, 0.5) is 4.39 Å². The van der Waals surface area contributed by atoms with Crippen LogP contribution in [-0.2, 0) is 0 Å². The lowest BCUT2D eigenvalue weighted by Crippen LogP contribution is -2.46. The minimum atomic E-state index is -0.867. The summed E-state index contributed by atoms with van der Waals surface area (Å²) in [6.07, 6.45) is 8.10. The zero-order chi connectivity index (χ0) is 25.6. The summed E-state index contributed by atoms with van der Waals surface area (Å²) in [7, 11) is 0. The van der Waals surface area contributed by atoms with Gasteiger partial charge in [0.25, 0.3) is 0 Å². The molecule has 0 radical (unpaired) electrons. The third-order valence-corrected chi connectivity index (χ3v) is 7.76. The Morgan fingerprint density at radius 1 is 1.30 bits per heavy atom. The normalized spacial score (nSPS) is 18.0. The van der Waals surface area contributed by atoms with Crippen LogP contribution in [-0.4, -0.2) is 54.4 Å². The van der Waals surface area contributed by atoms with Crippen LogP contribution in [0.15, 0.2) is 36.8 Å². The van der Waals surface area contributed by atoms with Crippen molar-refractivity contribution < 1.29 is 14.2 Å². The molecule has 1 atom stereocenters. The van der Waals surface area contributed by atoms with Crippen LogP contribution < -0.4 is 10.1 Å². The highest BCUT2D eigenvalue weighted by molar-refractivity contribution is 5.74. The van der Waals surface area contributed by atoms with Crippen LogP contribution in [0.1, 0.15) is 54.8 Å². The van der Waals surface area contributed by atoms with E-state index in [4.69, 9.17) is 4.74 Å². The highest BCUT2D eigenvalue weighted by Crippen LogP contribution is 2.54. The molecule has 2 N–H and O–H groups in total. The highest BCUT2D eigenvalue weighted by atomic mass is 19.1. The van der Waals surface area contributed by atoms with Crippen molar-refractivity contribution in [3.8, 4) is 23.1 Å². The Bertz CT molecular complexity index is 1480. The van der Waals surface area contributed by atoms with Crippen LogP contribution in [0.5, 0.6) is 5.75 Å². The van der Waals surface area contributed by atoms with Crippen molar-refractivity contribution in [3.05, 3.63) is 59.6 Å². The quantitative estimate of drug-likeness (QED) is 0.412. The molecule has 6 rings (SSSR count). The second-order valence-electron chi connectivity index (χ2n) is 10.0. The van der Waals surface area contributed by atoms with E-state index in [9.17, 15) is 14.8 Å². The van der Waals surface area contributed by atoms with Gasteiger partial charge in [-0.1, -0.05) is 5.21 Å². The van der Waals surface area contributed by atoms with Crippen LogP contribution in [0.2, 0.25) is 0 Å². The highest BCUT2D eigenvalue weighted by Gasteiger charge is 2.46. The fourth-order valence-corrected chi connectivity index (χ4v) is 5.74. The maximum Gasteiger partial charge on any atom is 0.163 e. The molecule has 2 fully saturated rings. The van der Waals surface area contributed by atoms with Crippen molar-refractivity contribution in [2.75, 3.05) is 19.7 Å². The Morgan fingerprint density at radius 3 is 2.81 bits per heavy atom. The standard InChI is InChI=1S/C26H27FN8O2/c1-16-24(32-33-35(16)20-9-26(10-20)4-6-29-7-5-26)17-8-22(25-18(11-28)12-31-34(25)14-17)37-23(15-36)21-3-2-19(27)13-30-21/h2-3,8,12-14,20,23,29,36H,4-7,9-10,15H2,1H3. The van der Waals surface area contributed by atoms with E-state index < -0.39 is 11.9 Å². The van der Waals surface area contributed by atoms with Crippen molar-refractivity contribution in [1.29, 1.82) is 5.26 Å². The summed E-state index contributed by atoms with van der Waals surface area (Å²) in [4.78, 5) is 4.05. The first-order chi connectivity index (χ1) is 18.0. The molecule has 11 heteroatoms. The number of nitrogens with zero attached hydrogens (tertiary/aromatic N) is 7. The molecule has 0 amide bonds. The van der Waals surface area contributed by atoms with E-state index in [-0.39, 0.29) is 6.61 Å². The topological polar surface area (TPSA) is 126 Å². The Morgan fingerprint density at radius 2 is 2.11 bits per heavy atom. The number of rotatable bonds is 6. The van der Waals surface area contributed by atoms with E-state index in [1.54, 1.807) is 16.8 Å². The van der Waals surface area contributed by atoms with Gasteiger partial charge in [-0.25, -0.2) is 13.6 Å². The second kappa shape index (κ2) is 9.21. The summed E-state index contributed by atoms with van der Waals surface area (Å²) in [5.41, 5.74) is 3.95. The molecule has 4 aromatic rings. The van der Waals surface area contributed by atoms with Crippen molar-refractivity contribution in [2.24, 2.45) is 5.41 Å². The maximum absolute atomic E-state index is 13.4. The molecule has 1 saturated carbocycles. The summed E-state index contributed by atoms with van der Waals surface area (Å²) in [5, 5.41) is 36.4. The number of aromatic nitrogens is 6. The van der Waals surface area contributed by atoms with Crippen LogP contribution >= 0.6 is 0 Å². The number of aliphatic hydroxyl groups excluding tert-OH is 1. The van der Waals surface area contributed by atoms with Crippen LogP contribution in [0.25, 0.3) is 16.8 Å². The summed E-state index contributed by atoms with van der Waals surface area (Å²) >= 11 is 0. The molecule has 0 aromatic carbocycles. The fraction of sp³-hybridized carbons (Fsp3) is 0.423. The van der Waals surface area contributed by atoms with Gasteiger partial charge in [0.05, 0.1) is 36.4 Å². The van der Waals surface area contributed by atoms with Crippen molar-refractivity contribution in [1.82, 2.24) is 34.9 Å². The largest absolute Gasteiger partial charge is 0.479 e. The number of ether oxygens (including phenoxy) is 1. The van der Waals surface area contributed by atoms with Crippen molar-refractivity contribution in [3.63, 3.8) is 0 Å². The van der Waals surface area contributed by atoms with Crippen LogP contribution in [0.3, 0.4) is 0 Å². The van der Waals surface area contributed by atoms with E-state index in [1.165, 1.54) is 31.2 Å². The number of pyridine rings is 2. The Hall–Kier alpha value is -3.88. The molecular weight excluding hydrogens is 475 g/mol. The zero-order valence-corrected chi connectivity index (χ0v) is 20.4. The predicted octanol–water partition coefficient (Wildman–Crippen LogP) is 3.12. The number of halogens is 1. The van der Waals surface area contributed by atoms with Gasteiger partial charge in [0.2, 0.25) is 0 Å². The molecule has 1 unspecified atom stereocenters. The maximum atomic E-state index is 13.4. The molecule has 0 bridgehead atoms. The minimum absolute atomic E-state index is 0.326. The average Bonchev–Trinajstić information content (AvgIpc) is 3.50. The van der Waals surface area contributed by atoms with E-state index in [1.807, 2.05) is 11.6 Å². The predicted molar refractivity (Wildman–Crippen MR) is 131 cm³/mol. The zero-order valence-electron chi connectivity index (χ0n) is 20.4. The number of aliphatic hydroxyl groups is 1. The number of nitriles is 1. The number of hydrogen-bond acceptors (Lipinski definition) is 8. The van der Waals surface area contributed by atoms with E-state index in [0.717, 1.165) is 43.4 Å². The van der Waals surface area contributed by atoms with Gasteiger partial charge in [-0.2, -0.15) is 10.4 Å². The Kier molecular flexibility index (Phi) is 5.85. The van der Waals surface area contributed by atoms with Gasteiger partial charge in [-0.3, -0.25) is 4.98 Å². The summed E-state index contributed by atoms with van der Waals surface area (Å²) in [5.74, 6) is -0.147. The third kappa shape index (κ3) is 4.12. The smallest absolute Gasteiger partial charge is 0.163 e. The van der Waals surface area contributed by atoms with Gasteiger partial charge in [0, 0.05) is 11.8 Å². The first kappa shape index (κ1) is 23.5. The van der Waals surface area contributed by atoms with Crippen LogP contribution in [0, 0.1) is 29.5 Å². The van der Waals surface area contributed by atoms with Crippen molar-refractivity contribution in [2.45, 2.75) is 44.8 Å².